The first kappa shape index (κ1) is 15.9. The molecule has 0 spiro atoms. The summed E-state index contributed by atoms with van der Waals surface area (Å²) in [5, 5.41) is 10.7. The number of aliphatic hydroxyl groups is 1. The molecule has 0 bridgehead atoms. The molecule has 1 aromatic rings. The summed E-state index contributed by atoms with van der Waals surface area (Å²) >= 11 is 1.69. The molecule has 114 valence electrons. The van der Waals surface area contributed by atoms with Crippen LogP contribution in [0.15, 0.2) is 0 Å². The highest BCUT2D eigenvalue weighted by atomic mass is 32.1. The van der Waals surface area contributed by atoms with Crippen LogP contribution >= 0.6 is 11.3 Å². The van der Waals surface area contributed by atoms with Gasteiger partial charge in [-0.15, -0.1) is 11.3 Å². The maximum absolute atomic E-state index is 9.50. The number of nitrogens with zero attached hydrogens (tertiary/aromatic N) is 2. The van der Waals surface area contributed by atoms with Gasteiger partial charge in [0.2, 0.25) is 0 Å². The molecule has 1 saturated heterocycles. The molecular formula is C16H28N2OS. The summed E-state index contributed by atoms with van der Waals surface area (Å²) in [4.78, 5) is 8.38. The highest BCUT2D eigenvalue weighted by Gasteiger charge is 2.23. The molecule has 0 aliphatic carbocycles. The summed E-state index contributed by atoms with van der Waals surface area (Å²) in [5.41, 5.74) is 1.10. The van der Waals surface area contributed by atoms with Gasteiger partial charge >= 0.3 is 0 Å². The summed E-state index contributed by atoms with van der Waals surface area (Å²) < 4.78 is 0. The van der Waals surface area contributed by atoms with Gasteiger partial charge in [-0.1, -0.05) is 27.7 Å². The number of likely N-dealkylation sites (tertiary alicyclic amines) is 1. The predicted octanol–water partition coefficient (Wildman–Crippen LogP) is 3.21. The van der Waals surface area contributed by atoms with Crippen molar-refractivity contribution in [2.24, 2.45) is 5.92 Å². The van der Waals surface area contributed by atoms with E-state index >= 15 is 0 Å². The monoisotopic (exact) mass is 296 g/mol. The fourth-order valence-corrected chi connectivity index (χ4v) is 3.87. The van der Waals surface area contributed by atoms with Crippen LogP contribution in [0, 0.1) is 5.92 Å². The number of piperidine rings is 1. The summed E-state index contributed by atoms with van der Waals surface area (Å²) in [6.07, 6.45) is 3.67. The lowest BCUT2D eigenvalue weighted by Crippen LogP contribution is -2.34. The van der Waals surface area contributed by atoms with E-state index in [1.54, 1.807) is 11.3 Å². The fourth-order valence-electron chi connectivity index (χ4n) is 2.74. The van der Waals surface area contributed by atoms with Crippen LogP contribution in [0.2, 0.25) is 0 Å². The second-order valence-corrected chi connectivity index (χ2v) is 8.23. The smallest absolute Gasteiger partial charge is 0.0945 e. The van der Waals surface area contributed by atoms with Crippen molar-refractivity contribution in [2.45, 2.75) is 59.0 Å². The average Bonchev–Trinajstić information content (AvgIpc) is 2.81. The highest BCUT2D eigenvalue weighted by molar-refractivity contribution is 7.11. The third kappa shape index (κ3) is 4.03. The van der Waals surface area contributed by atoms with Crippen molar-refractivity contribution < 1.29 is 5.11 Å². The Hall–Kier alpha value is -0.450. The van der Waals surface area contributed by atoms with Crippen molar-refractivity contribution in [1.82, 2.24) is 9.88 Å². The van der Waals surface area contributed by atoms with E-state index in [4.69, 9.17) is 4.98 Å². The Labute approximate surface area is 127 Å². The van der Waals surface area contributed by atoms with Crippen molar-refractivity contribution in [2.75, 3.05) is 19.6 Å². The fraction of sp³-hybridized carbons (Fsp3) is 0.812. The Bertz CT molecular complexity index is 428. The highest BCUT2D eigenvalue weighted by Crippen LogP contribution is 2.30. The maximum atomic E-state index is 9.50. The summed E-state index contributed by atoms with van der Waals surface area (Å²) in [6.45, 7) is 12.5. The van der Waals surface area contributed by atoms with Crippen LogP contribution in [0.25, 0.3) is 0 Å². The summed E-state index contributed by atoms with van der Waals surface area (Å²) in [6, 6.07) is 0. The van der Waals surface area contributed by atoms with Gasteiger partial charge in [0.1, 0.15) is 0 Å². The van der Waals surface area contributed by atoms with Crippen LogP contribution in [0.5, 0.6) is 0 Å². The van der Waals surface area contributed by atoms with E-state index < -0.39 is 0 Å². The van der Waals surface area contributed by atoms with Gasteiger partial charge in [0, 0.05) is 18.4 Å². The van der Waals surface area contributed by atoms with E-state index in [1.807, 2.05) is 0 Å². The number of hydrogen-bond donors (Lipinski definition) is 1. The lowest BCUT2D eigenvalue weighted by Gasteiger charge is -2.29. The third-order valence-electron chi connectivity index (χ3n) is 4.11. The van der Waals surface area contributed by atoms with Gasteiger partial charge in [-0.2, -0.15) is 0 Å². The molecule has 0 amide bonds. The van der Waals surface area contributed by atoms with Gasteiger partial charge in [-0.05, 0) is 31.8 Å². The molecule has 2 heterocycles. The summed E-state index contributed by atoms with van der Waals surface area (Å²) in [7, 11) is 0. The van der Waals surface area contributed by atoms with Crippen LogP contribution in [0.1, 0.15) is 56.1 Å². The van der Waals surface area contributed by atoms with Gasteiger partial charge in [-0.3, -0.25) is 0 Å². The number of hydrogen-bond acceptors (Lipinski definition) is 4. The van der Waals surface area contributed by atoms with E-state index in [2.05, 4.69) is 32.6 Å². The molecule has 1 fully saturated rings. The molecule has 0 aromatic carbocycles. The molecule has 2 rings (SSSR count). The van der Waals surface area contributed by atoms with Crippen LogP contribution in [0.3, 0.4) is 0 Å². The molecule has 3 nitrogen and oxygen atoms in total. The quantitative estimate of drug-likeness (QED) is 0.927. The molecule has 1 aliphatic heterocycles. The predicted molar refractivity (Wildman–Crippen MR) is 85.3 cm³/mol. The number of aromatic nitrogens is 1. The maximum Gasteiger partial charge on any atom is 0.0945 e. The van der Waals surface area contributed by atoms with Crippen LogP contribution in [-0.2, 0) is 18.4 Å². The molecule has 4 heteroatoms. The van der Waals surface area contributed by atoms with Gasteiger partial charge in [0.05, 0.1) is 22.2 Å². The first-order chi connectivity index (χ1) is 9.40. The lowest BCUT2D eigenvalue weighted by atomic mass is 9.91. The second kappa shape index (κ2) is 6.54. The third-order valence-corrected chi connectivity index (χ3v) is 5.21. The summed E-state index contributed by atoms with van der Waals surface area (Å²) in [5.74, 6) is 0.889. The topological polar surface area (TPSA) is 36.4 Å². The van der Waals surface area contributed by atoms with E-state index in [0.717, 1.165) is 29.5 Å². The Morgan fingerprint density at radius 2 is 1.95 bits per heavy atom. The van der Waals surface area contributed by atoms with Crippen LogP contribution < -0.4 is 0 Å². The Morgan fingerprint density at radius 3 is 2.45 bits per heavy atom. The normalized spacial score (nSPS) is 18.6. The van der Waals surface area contributed by atoms with E-state index in [-0.39, 0.29) is 12.0 Å². The van der Waals surface area contributed by atoms with Gasteiger partial charge in [0.25, 0.3) is 0 Å². The first-order valence-corrected chi connectivity index (χ1v) is 8.54. The molecular weight excluding hydrogens is 268 g/mol. The minimum atomic E-state index is 0.0212. The Kier molecular flexibility index (Phi) is 5.21. The van der Waals surface area contributed by atoms with Crippen molar-refractivity contribution in [3.8, 4) is 0 Å². The van der Waals surface area contributed by atoms with Crippen LogP contribution in [-0.4, -0.2) is 34.6 Å². The SMILES string of the molecule is CC1CCN(CCc2nc(C(C)(C)C)c(CO)s2)CC1. The molecule has 1 aliphatic rings. The molecule has 20 heavy (non-hydrogen) atoms. The van der Waals surface area contributed by atoms with Gasteiger partial charge in [0.15, 0.2) is 0 Å². The Morgan fingerprint density at radius 1 is 1.30 bits per heavy atom. The zero-order chi connectivity index (χ0) is 14.8. The number of rotatable bonds is 4. The molecule has 0 saturated carbocycles. The molecule has 1 aromatic heterocycles. The minimum absolute atomic E-state index is 0.0212. The number of thiazole rings is 1. The second-order valence-electron chi connectivity index (χ2n) is 7.06. The zero-order valence-electron chi connectivity index (χ0n) is 13.3. The standard InChI is InChI=1S/C16H28N2OS/c1-12-5-8-18(9-6-12)10-7-14-17-15(16(2,3)4)13(11-19)20-14/h12,19H,5-11H2,1-4H3. The minimum Gasteiger partial charge on any atom is -0.391 e. The molecule has 0 unspecified atom stereocenters. The van der Waals surface area contributed by atoms with E-state index in [0.29, 0.717) is 0 Å². The van der Waals surface area contributed by atoms with Gasteiger partial charge in [-0.25, -0.2) is 4.98 Å². The molecule has 1 N–H and O–H groups in total. The largest absolute Gasteiger partial charge is 0.391 e. The first-order valence-electron chi connectivity index (χ1n) is 7.72. The van der Waals surface area contributed by atoms with Crippen molar-refractivity contribution in [3.05, 3.63) is 15.6 Å². The van der Waals surface area contributed by atoms with Gasteiger partial charge < -0.3 is 10.0 Å². The molecule has 0 atom stereocenters. The average molecular weight is 296 g/mol. The van der Waals surface area contributed by atoms with Crippen molar-refractivity contribution in [1.29, 1.82) is 0 Å². The van der Waals surface area contributed by atoms with Crippen molar-refractivity contribution in [3.63, 3.8) is 0 Å². The zero-order valence-corrected chi connectivity index (χ0v) is 14.1. The Balaban J connectivity index is 1.95. The van der Waals surface area contributed by atoms with E-state index in [9.17, 15) is 5.11 Å². The number of aliphatic hydroxyl groups excluding tert-OH is 1. The van der Waals surface area contributed by atoms with Crippen LogP contribution in [0.4, 0.5) is 0 Å². The van der Waals surface area contributed by atoms with E-state index in [1.165, 1.54) is 30.9 Å². The molecule has 0 radical (unpaired) electrons. The lowest BCUT2D eigenvalue weighted by molar-refractivity contribution is 0.194. The van der Waals surface area contributed by atoms with Crippen molar-refractivity contribution >= 4 is 11.3 Å².